The molecular formula is C14H24N2OS. The second kappa shape index (κ2) is 7.24. The third kappa shape index (κ3) is 4.35. The van der Waals surface area contributed by atoms with Crippen molar-refractivity contribution in [1.82, 2.24) is 10.6 Å². The number of aliphatic hydroxyl groups is 1. The smallest absolute Gasteiger partial charge is 0.0922 e. The van der Waals surface area contributed by atoms with E-state index in [9.17, 15) is 5.11 Å². The average Bonchev–Trinajstić information content (AvgIpc) is 2.91. The minimum absolute atomic E-state index is 0.377. The molecule has 1 fully saturated rings. The summed E-state index contributed by atoms with van der Waals surface area (Å²) in [4.78, 5) is 0. The SMILES string of the molecule is CC(CC1CCCCN1)NCC(O)c1ccsc1. The molecule has 0 aliphatic carbocycles. The van der Waals surface area contributed by atoms with Gasteiger partial charge in [0.05, 0.1) is 6.10 Å². The lowest BCUT2D eigenvalue weighted by atomic mass is 9.98. The monoisotopic (exact) mass is 268 g/mol. The molecule has 1 aromatic rings. The van der Waals surface area contributed by atoms with Crippen LogP contribution in [0.15, 0.2) is 16.8 Å². The van der Waals surface area contributed by atoms with Gasteiger partial charge in [0.25, 0.3) is 0 Å². The Morgan fingerprint density at radius 2 is 2.44 bits per heavy atom. The number of rotatable bonds is 6. The van der Waals surface area contributed by atoms with Gasteiger partial charge in [-0.25, -0.2) is 0 Å². The molecule has 1 saturated heterocycles. The fourth-order valence-electron chi connectivity index (χ4n) is 2.53. The third-order valence-electron chi connectivity index (χ3n) is 3.64. The molecule has 18 heavy (non-hydrogen) atoms. The minimum atomic E-state index is -0.377. The number of aliphatic hydroxyl groups excluding tert-OH is 1. The molecule has 0 saturated carbocycles. The first-order valence-corrected chi connectivity index (χ1v) is 7.87. The van der Waals surface area contributed by atoms with Crippen LogP contribution < -0.4 is 10.6 Å². The predicted molar refractivity (Wildman–Crippen MR) is 77.0 cm³/mol. The van der Waals surface area contributed by atoms with Crippen LogP contribution in [0.4, 0.5) is 0 Å². The highest BCUT2D eigenvalue weighted by molar-refractivity contribution is 7.07. The van der Waals surface area contributed by atoms with Crippen LogP contribution in [0.25, 0.3) is 0 Å². The summed E-state index contributed by atoms with van der Waals surface area (Å²) in [7, 11) is 0. The van der Waals surface area contributed by atoms with Gasteiger partial charge in [0.1, 0.15) is 0 Å². The van der Waals surface area contributed by atoms with Crippen LogP contribution in [0, 0.1) is 0 Å². The number of nitrogens with one attached hydrogen (secondary N) is 2. The Balaban J connectivity index is 1.66. The van der Waals surface area contributed by atoms with Crippen LogP contribution in [0.5, 0.6) is 0 Å². The fourth-order valence-corrected chi connectivity index (χ4v) is 3.24. The second-order valence-electron chi connectivity index (χ2n) is 5.26. The van der Waals surface area contributed by atoms with E-state index in [-0.39, 0.29) is 6.10 Å². The highest BCUT2D eigenvalue weighted by Crippen LogP contribution is 2.16. The lowest BCUT2D eigenvalue weighted by molar-refractivity contribution is 0.169. The third-order valence-corrected chi connectivity index (χ3v) is 4.34. The summed E-state index contributed by atoms with van der Waals surface area (Å²) in [6.45, 7) is 4.01. The van der Waals surface area contributed by atoms with Crippen molar-refractivity contribution < 1.29 is 5.11 Å². The molecule has 0 radical (unpaired) electrons. The Bertz CT molecular complexity index is 323. The molecule has 0 amide bonds. The molecule has 2 rings (SSSR count). The van der Waals surface area contributed by atoms with Gasteiger partial charge >= 0.3 is 0 Å². The van der Waals surface area contributed by atoms with Crippen LogP contribution in [-0.2, 0) is 0 Å². The summed E-state index contributed by atoms with van der Waals surface area (Å²) in [5.41, 5.74) is 1.02. The van der Waals surface area contributed by atoms with Gasteiger partial charge < -0.3 is 15.7 Å². The molecule has 0 aromatic carbocycles. The molecule has 1 aliphatic heterocycles. The molecule has 3 atom stereocenters. The summed E-state index contributed by atoms with van der Waals surface area (Å²) in [5.74, 6) is 0. The first-order chi connectivity index (χ1) is 8.75. The van der Waals surface area contributed by atoms with Crippen molar-refractivity contribution in [3.63, 3.8) is 0 Å². The van der Waals surface area contributed by atoms with Crippen molar-refractivity contribution in [3.05, 3.63) is 22.4 Å². The highest BCUT2D eigenvalue weighted by atomic mass is 32.1. The van der Waals surface area contributed by atoms with Gasteiger partial charge in [-0.3, -0.25) is 0 Å². The van der Waals surface area contributed by atoms with Crippen LogP contribution >= 0.6 is 11.3 Å². The predicted octanol–water partition coefficient (Wildman–Crippen LogP) is 2.29. The molecule has 4 heteroatoms. The summed E-state index contributed by atoms with van der Waals surface area (Å²) >= 11 is 1.63. The van der Waals surface area contributed by atoms with E-state index >= 15 is 0 Å². The Morgan fingerprint density at radius 1 is 1.56 bits per heavy atom. The number of hydrogen-bond donors (Lipinski definition) is 3. The average molecular weight is 268 g/mol. The van der Waals surface area contributed by atoms with Gasteiger partial charge in [-0.1, -0.05) is 6.42 Å². The first kappa shape index (κ1) is 14.0. The van der Waals surface area contributed by atoms with Gasteiger partial charge in [-0.05, 0) is 55.1 Å². The summed E-state index contributed by atoms with van der Waals surface area (Å²) in [6, 6.07) is 3.10. The highest BCUT2D eigenvalue weighted by Gasteiger charge is 2.16. The standard InChI is InChI=1S/C14H24N2OS/c1-11(8-13-4-2-3-6-15-13)16-9-14(17)12-5-7-18-10-12/h5,7,10-11,13-17H,2-4,6,8-9H2,1H3. The summed E-state index contributed by atoms with van der Waals surface area (Å²) in [5, 5.41) is 21.0. The van der Waals surface area contributed by atoms with E-state index < -0.39 is 0 Å². The van der Waals surface area contributed by atoms with E-state index in [0.29, 0.717) is 18.6 Å². The molecule has 0 spiro atoms. The number of hydrogen-bond acceptors (Lipinski definition) is 4. The van der Waals surface area contributed by atoms with E-state index in [4.69, 9.17) is 0 Å². The summed E-state index contributed by atoms with van der Waals surface area (Å²) < 4.78 is 0. The molecule has 3 unspecified atom stereocenters. The molecule has 0 bridgehead atoms. The quantitative estimate of drug-likeness (QED) is 0.742. The summed E-state index contributed by atoms with van der Waals surface area (Å²) in [6.07, 6.45) is 4.73. The first-order valence-electron chi connectivity index (χ1n) is 6.92. The number of thiophene rings is 1. The Hall–Kier alpha value is -0.420. The zero-order chi connectivity index (χ0) is 12.8. The topological polar surface area (TPSA) is 44.3 Å². The van der Waals surface area contributed by atoms with Gasteiger partial charge in [0.2, 0.25) is 0 Å². The Morgan fingerprint density at radius 3 is 3.11 bits per heavy atom. The number of piperidine rings is 1. The van der Waals surface area contributed by atoms with Gasteiger partial charge in [-0.15, -0.1) is 0 Å². The van der Waals surface area contributed by atoms with E-state index in [1.54, 1.807) is 11.3 Å². The van der Waals surface area contributed by atoms with Crippen LogP contribution in [0.1, 0.15) is 44.3 Å². The lowest BCUT2D eigenvalue weighted by Gasteiger charge is -2.27. The molecule has 2 heterocycles. The van der Waals surface area contributed by atoms with Crippen LogP contribution in [0.3, 0.4) is 0 Å². The normalized spacial score (nSPS) is 23.8. The van der Waals surface area contributed by atoms with Crippen molar-refractivity contribution in [3.8, 4) is 0 Å². The maximum atomic E-state index is 9.99. The Kier molecular flexibility index (Phi) is 5.63. The zero-order valence-electron chi connectivity index (χ0n) is 11.1. The zero-order valence-corrected chi connectivity index (χ0v) is 11.9. The second-order valence-corrected chi connectivity index (χ2v) is 6.04. The molecular weight excluding hydrogens is 244 g/mol. The Labute approximate surface area is 114 Å². The van der Waals surface area contributed by atoms with Crippen molar-refractivity contribution in [1.29, 1.82) is 0 Å². The molecule has 3 nitrogen and oxygen atoms in total. The molecule has 1 aromatic heterocycles. The maximum absolute atomic E-state index is 9.99. The van der Waals surface area contributed by atoms with Gasteiger partial charge in [0.15, 0.2) is 0 Å². The van der Waals surface area contributed by atoms with Gasteiger partial charge in [-0.2, -0.15) is 11.3 Å². The molecule has 1 aliphatic rings. The lowest BCUT2D eigenvalue weighted by Crippen LogP contribution is -2.40. The van der Waals surface area contributed by atoms with Gasteiger partial charge in [0, 0.05) is 18.6 Å². The van der Waals surface area contributed by atoms with Crippen molar-refractivity contribution >= 4 is 11.3 Å². The van der Waals surface area contributed by atoms with Crippen molar-refractivity contribution in [2.24, 2.45) is 0 Å². The fraction of sp³-hybridized carbons (Fsp3) is 0.714. The molecule has 102 valence electrons. The maximum Gasteiger partial charge on any atom is 0.0922 e. The van der Waals surface area contributed by atoms with E-state index in [2.05, 4.69) is 17.6 Å². The van der Waals surface area contributed by atoms with Crippen LogP contribution in [-0.4, -0.2) is 30.3 Å². The van der Waals surface area contributed by atoms with E-state index in [1.807, 2.05) is 16.8 Å². The van der Waals surface area contributed by atoms with E-state index in [1.165, 1.54) is 19.3 Å². The van der Waals surface area contributed by atoms with E-state index in [0.717, 1.165) is 18.5 Å². The molecule has 3 N–H and O–H groups in total. The largest absolute Gasteiger partial charge is 0.387 e. The minimum Gasteiger partial charge on any atom is -0.387 e. The van der Waals surface area contributed by atoms with Crippen molar-refractivity contribution in [2.45, 2.75) is 50.8 Å². The van der Waals surface area contributed by atoms with Crippen molar-refractivity contribution in [2.75, 3.05) is 13.1 Å². The van der Waals surface area contributed by atoms with Crippen LogP contribution in [0.2, 0.25) is 0 Å².